The first-order valence-corrected chi connectivity index (χ1v) is 17.2. The standard InChI is InChI=1S/C40H59O3P/c1-26-17-22-34(33(23-26)40(14,15)16)42-44(41)43-35(29-20-18-27(36(2,3)4)24-31(29)38(8,9)10)30-21-19-28(37(5,6)7)25-32(30)39(11,12)13/h17-25,35,41H,1-16H3. The fourth-order valence-electron chi connectivity index (χ4n) is 5.59. The van der Waals surface area contributed by atoms with Gasteiger partial charge in [-0.15, -0.1) is 0 Å². The maximum Gasteiger partial charge on any atom is 0.395 e. The van der Waals surface area contributed by atoms with Gasteiger partial charge in [0.1, 0.15) is 11.9 Å². The molecule has 4 heteroatoms. The summed E-state index contributed by atoms with van der Waals surface area (Å²) in [6, 6.07) is 19.7. The molecule has 0 spiro atoms. The van der Waals surface area contributed by atoms with Crippen LogP contribution in [0, 0.1) is 6.92 Å². The van der Waals surface area contributed by atoms with Gasteiger partial charge in [0.05, 0.1) is 0 Å². The Morgan fingerprint density at radius 3 is 1.30 bits per heavy atom. The maximum absolute atomic E-state index is 11.6. The lowest BCUT2D eigenvalue weighted by atomic mass is 9.74. The fraction of sp³-hybridized carbons (Fsp3) is 0.550. The highest BCUT2D eigenvalue weighted by molar-refractivity contribution is 7.41. The highest BCUT2D eigenvalue weighted by Gasteiger charge is 2.34. The van der Waals surface area contributed by atoms with Crippen LogP contribution in [0.25, 0.3) is 0 Å². The molecule has 0 saturated heterocycles. The molecule has 0 saturated carbocycles. The number of benzene rings is 3. The molecule has 44 heavy (non-hydrogen) atoms. The summed E-state index contributed by atoms with van der Waals surface area (Å²) in [4.78, 5) is 11.6. The third kappa shape index (κ3) is 8.74. The van der Waals surface area contributed by atoms with Gasteiger partial charge in [-0.25, -0.2) is 0 Å². The molecule has 0 aliphatic heterocycles. The first kappa shape index (κ1) is 36.3. The number of rotatable bonds is 6. The van der Waals surface area contributed by atoms with Crippen LogP contribution in [0.15, 0.2) is 54.6 Å². The van der Waals surface area contributed by atoms with Crippen LogP contribution < -0.4 is 4.52 Å². The van der Waals surface area contributed by atoms with Crippen molar-refractivity contribution in [1.29, 1.82) is 0 Å². The monoisotopic (exact) mass is 618 g/mol. The summed E-state index contributed by atoms with van der Waals surface area (Å²) in [6.07, 6.45) is -0.527. The largest absolute Gasteiger partial charge is 0.427 e. The average Bonchev–Trinajstić information content (AvgIpc) is 2.85. The molecule has 0 fully saturated rings. The van der Waals surface area contributed by atoms with Crippen LogP contribution in [0.2, 0.25) is 0 Å². The van der Waals surface area contributed by atoms with E-state index < -0.39 is 14.7 Å². The van der Waals surface area contributed by atoms with Gasteiger partial charge in [0, 0.05) is 5.56 Å². The maximum atomic E-state index is 11.6. The van der Waals surface area contributed by atoms with Crippen molar-refractivity contribution in [3.63, 3.8) is 0 Å². The van der Waals surface area contributed by atoms with E-state index in [1.165, 1.54) is 22.3 Å². The second-order valence-electron chi connectivity index (χ2n) is 17.7. The number of hydrogen-bond acceptors (Lipinski definition) is 3. The minimum Gasteiger partial charge on any atom is -0.427 e. The Morgan fingerprint density at radius 1 is 0.523 bits per heavy atom. The molecule has 0 aliphatic carbocycles. The highest BCUT2D eigenvalue weighted by Crippen LogP contribution is 2.49. The summed E-state index contributed by atoms with van der Waals surface area (Å²) in [5, 5.41) is 0. The van der Waals surface area contributed by atoms with E-state index in [-0.39, 0.29) is 27.1 Å². The lowest BCUT2D eigenvalue weighted by molar-refractivity contribution is 0.203. The number of hydrogen-bond donors (Lipinski definition) is 1. The molecule has 1 atom stereocenters. The molecule has 0 amide bonds. The Bertz CT molecular complexity index is 1370. The Hall–Kier alpha value is -2.19. The molecule has 1 unspecified atom stereocenters. The van der Waals surface area contributed by atoms with Gasteiger partial charge < -0.3 is 9.42 Å². The van der Waals surface area contributed by atoms with Crippen LogP contribution in [0.5, 0.6) is 5.75 Å². The van der Waals surface area contributed by atoms with E-state index in [4.69, 9.17) is 9.05 Å². The fourth-order valence-corrected chi connectivity index (χ4v) is 6.37. The van der Waals surface area contributed by atoms with Crippen molar-refractivity contribution in [2.24, 2.45) is 0 Å². The molecule has 0 aliphatic rings. The van der Waals surface area contributed by atoms with Crippen LogP contribution in [0.4, 0.5) is 0 Å². The zero-order chi connectivity index (χ0) is 33.6. The van der Waals surface area contributed by atoms with Crippen molar-refractivity contribution in [2.45, 2.75) is 144 Å². The molecular weight excluding hydrogens is 559 g/mol. The van der Waals surface area contributed by atoms with Gasteiger partial charge in [-0.1, -0.05) is 158 Å². The molecule has 0 heterocycles. The summed E-state index contributed by atoms with van der Waals surface area (Å²) < 4.78 is 13.1. The van der Waals surface area contributed by atoms with Crippen LogP contribution >= 0.6 is 8.60 Å². The second kappa shape index (κ2) is 12.5. The summed E-state index contributed by atoms with van der Waals surface area (Å²) >= 11 is 0. The van der Waals surface area contributed by atoms with Gasteiger partial charge in [-0.05, 0) is 73.4 Å². The smallest absolute Gasteiger partial charge is 0.395 e. The number of aryl methyl sites for hydroxylation is 1. The molecule has 0 radical (unpaired) electrons. The van der Waals surface area contributed by atoms with Crippen LogP contribution in [0.1, 0.15) is 154 Å². The normalized spacial score (nSPS) is 14.2. The summed E-state index contributed by atoms with van der Waals surface area (Å²) in [7, 11) is -2.27. The van der Waals surface area contributed by atoms with E-state index >= 15 is 0 Å². The quantitative estimate of drug-likeness (QED) is 0.279. The second-order valence-corrected chi connectivity index (χ2v) is 18.5. The first-order chi connectivity index (χ1) is 19.8. The molecule has 3 aromatic carbocycles. The predicted molar refractivity (Wildman–Crippen MR) is 190 cm³/mol. The third-order valence-corrected chi connectivity index (χ3v) is 9.08. The molecule has 0 aromatic heterocycles. The van der Waals surface area contributed by atoms with E-state index in [1.807, 2.05) is 12.1 Å². The van der Waals surface area contributed by atoms with Crippen molar-refractivity contribution in [1.82, 2.24) is 0 Å². The molecule has 3 rings (SSSR count). The minimum absolute atomic E-state index is 0.00131. The van der Waals surface area contributed by atoms with Crippen molar-refractivity contribution in [3.8, 4) is 5.75 Å². The molecule has 0 bridgehead atoms. The van der Waals surface area contributed by atoms with Gasteiger partial charge in [0.15, 0.2) is 0 Å². The van der Waals surface area contributed by atoms with Crippen molar-refractivity contribution >= 4 is 8.60 Å². The van der Waals surface area contributed by atoms with Gasteiger partial charge in [-0.2, -0.15) is 0 Å². The van der Waals surface area contributed by atoms with Crippen LogP contribution in [0.3, 0.4) is 0 Å². The molecule has 3 nitrogen and oxygen atoms in total. The van der Waals surface area contributed by atoms with E-state index in [1.54, 1.807) is 0 Å². The van der Waals surface area contributed by atoms with E-state index in [0.717, 1.165) is 22.3 Å². The topological polar surface area (TPSA) is 38.7 Å². The molecular formula is C40H59O3P. The van der Waals surface area contributed by atoms with Crippen molar-refractivity contribution in [2.75, 3.05) is 0 Å². The first-order valence-electron chi connectivity index (χ1n) is 16.0. The lowest BCUT2D eigenvalue weighted by Crippen LogP contribution is -2.24. The molecule has 3 aromatic rings. The predicted octanol–water partition coefficient (Wildman–Crippen LogP) is 11.9. The SMILES string of the molecule is Cc1ccc(OP(O)OC(c2ccc(C(C)(C)C)cc2C(C)(C)C)c2ccc(C(C)(C)C)cc2C(C)(C)C)c(C(C)(C)C)c1. The Labute approximate surface area is 270 Å². The minimum atomic E-state index is -2.27. The summed E-state index contributed by atoms with van der Waals surface area (Å²) in [5.74, 6) is 0.661. The zero-order valence-corrected chi connectivity index (χ0v) is 31.4. The summed E-state index contributed by atoms with van der Waals surface area (Å²) in [6.45, 7) is 35.6. The Morgan fingerprint density at radius 2 is 0.932 bits per heavy atom. The van der Waals surface area contributed by atoms with Gasteiger partial charge >= 0.3 is 8.60 Å². The van der Waals surface area contributed by atoms with Gasteiger partial charge in [-0.3, -0.25) is 4.52 Å². The van der Waals surface area contributed by atoms with Crippen molar-refractivity contribution < 1.29 is 13.9 Å². The van der Waals surface area contributed by atoms with E-state index in [2.05, 4.69) is 153 Å². The van der Waals surface area contributed by atoms with Crippen LogP contribution in [-0.4, -0.2) is 4.89 Å². The Kier molecular flexibility index (Phi) is 10.3. The van der Waals surface area contributed by atoms with Gasteiger partial charge in [0.2, 0.25) is 0 Å². The highest BCUT2D eigenvalue weighted by atomic mass is 31.2. The van der Waals surface area contributed by atoms with Crippen LogP contribution in [-0.2, 0) is 31.6 Å². The Balaban J connectivity index is 2.28. The van der Waals surface area contributed by atoms with Crippen molar-refractivity contribution in [3.05, 3.63) is 99.1 Å². The zero-order valence-electron chi connectivity index (χ0n) is 30.5. The molecule has 1 N–H and O–H groups in total. The molecule has 242 valence electrons. The average molecular weight is 619 g/mol. The van der Waals surface area contributed by atoms with E-state index in [9.17, 15) is 4.89 Å². The van der Waals surface area contributed by atoms with E-state index in [0.29, 0.717) is 5.75 Å². The summed E-state index contributed by atoms with van der Waals surface area (Å²) in [5.41, 5.74) is 8.86. The lowest BCUT2D eigenvalue weighted by Gasteiger charge is -2.34. The third-order valence-electron chi connectivity index (χ3n) is 8.33. The van der Waals surface area contributed by atoms with Gasteiger partial charge in [0.25, 0.3) is 0 Å².